The van der Waals surface area contributed by atoms with E-state index >= 15 is 0 Å². The number of sulfonamides is 1. The van der Waals surface area contributed by atoms with Gasteiger partial charge in [0.2, 0.25) is 15.9 Å². The predicted octanol–water partition coefficient (Wildman–Crippen LogP) is 2.03. The van der Waals surface area contributed by atoms with Crippen LogP contribution in [0.5, 0.6) is 0 Å². The van der Waals surface area contributed by atoms with Crippen LogP contribution in [-0.4, -0.2) is 54.3 Å². The molecule has 1 amide bonds. The first-order valence-electron chi connectivity index (χ1n) is 7.08. The number of rotatable bonds is 4. The van der Waals surface area contributed by atoms with Gasteiger partial charge in [0.05, 0.1) is 5.88 Å². The number of halogens is 3. The molecule has 0 aromatic heterocycles. The molecule has 1 unspecified atom stereocenters. The maximum absolute atomic E-state index is 13.9. The maximum atomic E-state index is 13.9. The quantitative estimate of drug-likeness (QED) is 0.748. The number of nitrogens with zero attached hydrogens (tertiary/aromatic N) is 2. The molecule has 1 atom stereocenters. The Labute approximate surface area is 142 Å². The summed E-state index contributed by atoms with van der Waals surface area (Å²) < 4.78 is 66.4. The van der Waals surface area contributed by atoms with Gasteiger partial charge >= 0.3 is 0 Å². The normalized spacial score (nSPS) is 19.0. The van der Waals surface area contributed by atoms with Gasteiger partial charge in [-0.05, 0) is 19.9 Å². The number of carbonyl (C=O) groups is 1. The Balaban J connectivity index is 2.42. The van der Waals surface area contributed by atoms with Crippen LogP contribution in [0.1, 0.15) is 13.8 Å². The third-order valence-corrected chi connectivity index (χ3v) is 6.86. The highest BCUT2D eigenvalue weighted by Gasteiger charge is 2.42. The van der Waals surface area contributed by atoms with Crippen molar-refractivity contribution in [2.75, 3.05) is 18.7 Å². The fraction of sp³-hybridized carbons (Fsp3) is 0.500. The van der Waals surface area contributed by atoms with Gasteiger partial charge in [-0.2, -0.15) is 4.31 Å². The first-order chi connectivity index (χ1) is 11.1. The van der Waals surface area contributed by atoms with E-state index < -0.39 is 44.3 Å². The van der Waals surface area contributed by atoms with Gasteiger partial charge in [-0.15, -0.1) is 11.8 Å². The van der Waals surface area contributed by atoms with Crippen molar-refractivity contribution in [3.05, 3.63) is 29.6 Å². The highest BCUT2D eigenvalue weighted by atomic mass is 32.2. The summed E-state index contributed by atoms with van der Waals surface area (Å²) in [6.45, 7) is 3.54. The molecule has 134 valence electrons. The van der Waals surface area contributed by atoms with E-state index in [0.29, 0.717) is 6.07 Å². The average Bonchev–Trinajstić information content (AvgIpc) is 2.99. The van der Waals surface area contributed by atoms with E-state index in [9.17, 15) is 26.4 Å². The lowest BCUT2D eigenvalue weighted by Crippen LogP contribution is -2.49. The number of likely N-dealkylation sites (N-methyl/N-ethyl adjacent to an activating group) is 1. The summed E-state index contributed by atoms with van der Waals surface area (Å²) >= 11 is 1.19. The van der Waals surface area contributed by atoms with Gasteiger partial charge in [0.1, 0.15) is 16.8 Å². The molecule has 0 aliphatic carbocycles. The van der Waals surface area contributed by atoms with Crippen LogP contribution in [0.2, 0.25) is 0 Å². The van der Waals surface area contributed by atoms with Crippen molar-refractivity contribution in [1.29, 1.82) is 0 Å². The molecule has 0 saturated carbocycles. The third-order valence-electron chi connectivity index (χ3n) is 3.81. The van der Waals surface area contributed by atoms with Crippen molar-refractivity contribution in [1.82, 2.24) is 9.21 Å². The summed E-state index contributed by atoms with van der Waals surface area (Å²) in [5, 5.41) is 0. The summed E-state index contributed by atoms with van der Waals surface area (Å²) in [4.78, 5) is 12.9. The van der Waals surface area contributed by atoms with Crippen LogP contribution in [-0.2, 0) is 14.8 Å². The highest BCUT2D eigenvalue weighted by Crippen LogP contribution is 2.31. The Morgan fingerprint density at radius 1 is 1.25 bits per heavy atom. The molecule has 1 fully saturated rings. The second kappa shape index (κ2) is 6.93. The highest BCUT2D eigenvalue weighted by molar-refractivity contribution is 8.00. The molecule has 1 aromatic carbocycles. The minimum absolute atomic E-state index is 0.0664. The second-order valence-electron chi connectivity index (χ2n) is 5.65. The zero-order valence-electron chi connectivity index (χ0n) is 13.3. The summed E-state index contributed by atoms with van der Waals surface area (Å²) in [5.74, 6) is -4.63. The molecule has 0 radical (unpaired) electrons. The fourth-order valence-electron chi connectivity index (χ4n) is 2.18. The van der Waals surface area contributed by atoms with E-state index in [1.807, 2.05) is 0 Å². The minimum Gasteiger partial charge on any atom is -0.342 e. The van der Waals surface area contributed by atoms with Crippen LogP contribution < -0.4 is 0 Å². The van der Waals surface area contributed by atoms with E-state index in [2.05, 4.69) is 0 Å². The van der Waals surface area contributed by atoms with Crippen molar-refractivity contribution in [2.24, 2.45) is 0 Å². The van der Waals surface area contributed by atoms with Crippen molar-refractivity contribution >= 4 is 27.7 Å². The van der Waals surface area contributed by atoms with Crippen molar-refractivity contribution < 1.29 is 26.4 Å². The van der Waals surface area contributed by atoms with Crippen LogP contribution in [0.3, 0.4) is 0 Å². The van der Waals surface area contributed by atoms with E-state index in [1.165, 1.54) is 16.7 Å². The molecule has 0 N–H and O–H groups in total. The van der Waals surface area contributed by atoms with Gasteiger partial charge in [-0.25, -0.2) is 21.6 Å². The lowest BCUT2D eigenvalue weighted by Gasteiger charge is -2.29. The van der Waals surface area contributed by atoms with Gasteiger partial charge in [0.25, 0.3) is 0 Å². The van der Waals surface area contributed by atoms with Gasteiger partial charge in [-0.3, -0.25) is 4.79 Å². The zero-order valence-corrected chi connectivity index (χ0v) is 14.9. The molecule has 2 rings (SSSR count). The number of carbonyl (C=O) groups excluding carboxylic acids is 1. The predicted molar refractivity (Wildman–Crippen MR) is 84.4 cm³/mol. The van der Waals surface area contributed by atoms with E-state index in [-0.39, 0.29) is 23.7 Å². The monoisotopic (exact) mass is 382 g/mol. The van der Waals surface area contributed by atoms with Crippen LogP contribution in [0, 0.1) is 17.5 Å². The first kappa shape index (κ1) is 19.1. The number of thioether (sulfide) groups is 1. The first-order valence-corrected chi connectivity index (χ1v) is 9.67. The molecule has 10 heteroatoms. The smallest absolute Gasteiger partial charge is 0.247 e. The number of amides is 1. The Bertz CT molecular complexity index is 756. The van der Waals surface area contributed by atoms with E-state index in [1.54, 1.807) is 20.9 Å². The number of hydrogen-bond donors (Lipinski definition) is 0. The van der Waals surface area contributed by atoms with Crippen molar-refractivity contribution in [2.45, 2.75) is 30.8 Å². The molecule has 0 bridgehead atoms. The molecule has 1 heterocycles. The lowest BCUT2D eigenvalue weighted by molar-refractivity contribution is -0.134. The lowest BCUT2D eigenvalue weighted by atomic mass is 10.2. The molecule has 0 spiro atoms. The molecule has 1 aromatic rings. The van der Waals surface area contributed by atoms with Crippen LogP contribution in [0.15, 0.2) is 17.0 Å². The fourth-order valence-corrected chi connectivity index (χ4v) is 5.37. The van der Waals surface area contributed by atoms with Crippen LogP contribution in [0.25, 0.3) is 0 Å². The van der Waals surface area contributed by atoms with E-state index in [4.69, 9.17) is 0 Å². The number of benzene rings is 1. The average molecular weight is 382 g/mol. The maximum Gasteiger partial charge on any atom is 0.247 e. The molecule has 1 saturated heterocycles. The molecular formula is C14H17F3N2O3S2. The Hall–Kier alpha value is -1.26. The summed E-state index contributed by atoms with van der Waals surface area (Å²) in [5.41, 5.74) is 0. The Morgan fingerprint density at radius 3 is 2.42 bits per heavy atom. The standard InChI is InChI=1S/C14H17F3N2O3S2/c1-8(2)18(3)14(20)12-6-23-7-19(12)24(21,22)13-5-10(16)9(15)4-11(13)17/h4-5,8,12H,6-7H2,1-3H3. The largest absolute Gasteiger partial charge is 0.342 e. The zero-order chi connectivity index (χ0) is 18.2. The molecule has 1 aliphatic heterocycles. The summed E-state index contributed by atoms with van der Waals surface area (Å²) in [6.07, 6.45) is 0. The number of hydrogen-bond acceptors (Lipinski definition) is 4. The van der Waals surface area contributed by atoms with Crippen molar-refractivity contribution in [3.8, 4) is 0 Å². The van der Waals surface area contributed by atoms with Crippen LogP contribution >= 0.6 is 11.8 Å². The summed E-state index contributed by atoms with van der Waals surface area (Å²) in [7, 11) is -2.94. The molecule has 24 heavy (non-hydrogen) atoms. The SMILES string of the molecule is CC(C)N(C)C(=O)C1CSCN1S(=O)(=O)c1cc(F)c(F)cc1F. The third kappa shape index (κ3) is 3.40. The van der Waals surface area contributed by atoms with Gasteiger partial charge in [-0.1, -0.05) is 0 Å². The molecular weight excluding hydrogens is 365 g/mol. The van der Waals surface area contributed by atoms with Gasteiger partial charge in [0.15, 0.2) is 11.6 Å². The van der Waals surface area contributed by atoms with Gasteiger partial charge < -0.3 is 4.90 Å². The van der Waals surface area contributed by atoms with Crippen molar-refractivity contribution in [3.63, 3.8) is 0 Å². The molecule has 5 nitrogen and oxygen atoms in total. The Kier molecular flexibility index (Phi) is 5.50. The minimum atomic E-state index is -4.48. The topological polar surface area (TPSA) is 57.7 Å². The molecule has 1 aliphatic rings. The van der Waals surface area contributed by atoms with E-state index in [0.717, 1.165) is 4.31 Å². The second-order valence-corrected chi connectivity index (χ2v) is 8.51. The Morgan fingerprint density at radius 2 is 1.83 bits per heavy atom. The summed E-state index contributed by atoms with van der Waals surface area (Å²) in [6, 6.07) is -0.674. The van der Waals surface area contributed by atoms with Gasteiger partial charge in [0, 0.05) is 24.9 Å². The van der Waals surface area contributed by atoms with Crippen LogP contribution in [0.4, 0.5) is 13.2 Å².